The molecule has 5 nitrogen and oxygen atoms in total. The molecule has 25 heavy (non-hydrogen) atoms. The van der Waals surface area contributed by atoms with Crippen LogP contribution < -0.4 is 5.32 Å². The molecule has 1 aliphatic rings. The van der Waals surface area contributed by atoms with Gasteiger partial charge in [0.2, 0.25) is 11.8 Å². The molecule has 2 heterocycles. The van der Waals surface area contributed by atoms with Gasteiger partial charge in [0.1, 0.15) is 0 Å². The lowest BCUT2D eigenvalue weighted by Crippen LogP contribution is -2.43. The van der Waals surface area contributed by atoms with Gasteiger partial charge in [0.15, 0.2) is 5.13 Å². The molecular weight excluding hydrogens is 334 g/mol. The van der Waals surface area contributed by atoms with Crippen molar-refractivity contribution in [2.45, 2.75) is 32.1 Å². The number of amides is 2. The minimum absolute atomic E-state index is 0.0308. The lowest BCUT2D eigenvalue weighted by atomic mass is 9.96. The third kappa shape index (κ3) is 5.13. The molecule has 1 fully saturated rings. The minimum atomic E-state index is -0.143. The molecule has 0 aliphatic carbocycles. The maximum atomic E-state index is 12.5. The number of nitrogens with one attached hydrogen (secondary N) is 1. The first-order valence-electron chi connectivity index (χ1n) is 8.74. The summed E-state index contributed by atoms with van der Waals surface area (Å²) in [6.07, 6.45) is 5.66. The van der Waals surface area contributed by atoms with Gasteiger partial charge in [-0.05, 0) is 31.2 Å². The van der Waals surface area contributed by atoms with Crippen molar-refractivity contribution in [1.29, 1.82) is 0 Å². The number of hydrogen-bond donors (Lipinski definition) is 1. The normalized spacial score (nSPS) is 17.3. The molecule has 2 amide bonds. The van der Waals surface area contributed by atoms with Crippen molar-refractivity contribution in [3.05, 3.63) is 47.5 Å². The average Bonchev–Trinajstić information content (AvgIpc) is 3.15. The van der Waals surface area contributed by atoms with Crippen molar-refractivity contribution in [3.8, 4) is 0 Å². The van der Waals surface area contributed by atoms with Gasteiger partial charge in [0.05, 0.1) is 5.92 Å². The fraction of sp³-hybridized carbons (Fsp3) is 0.421. The Kier molecular flexibility index (Phi) is 6.17. The van der Waals surface area contributed by atoms with Crippen molar-refractivity contribution in [2.75, 3.05) is 18.4 Å². The van der Waals surface area contributed by atoms with Crippen LogP contribution in [0, 0.1) is 5.92 Å². The van der Waals surface area contributed by atoms with Crippen LogP contribution in [0.15, 0.2) is 41.9 Å². The highest BCUT2D eigenvalue weighted by atomic mass is 32.1. The van der Waals surface area contributed by atoms with Crippen molar-refractivity contribution < 1.29 is 9.59 Å². The van der Waals surface area contributed by atoms with E-state index in [1.54, 1.807) is 6.20 Å². The van der Waals surface area contributed by atoms with Gasteiger partial charge in [0, 0.05) is 31.1 Å². The van der Waals surface area contributed by atoms with E-state index >= 15 is 0 Å². The third-order valence-electron chi connectivity index (χ3n) is 4.51. The van der Waals surface area contributed by atoms with Gasteiger partial charge in [-0.3, -0.25) is 9.59 Å². The standard InChI is InChI=1S/C19H23N3O2S/c23-17(10-4-8-15-6-2-1-3-7-15)22-12-5-9-16(14-22)18(24)21-19-20-11-13-25-19/h1-3,6-7,11,13,16H,4-5,8-10,12,14H2,(H,20,21,24)/t16-/m1/s1. The van der Waals surface area contributed by atoms with E-state index in [9.17, 15) is 9.59 Å². The van der Waals surface area contributed by atoms with Crippen LogP contribution in [0.4, 0.5) is 5.13 Å². The maximum absolute atomic E-state index is 12.5. The van der Waals surface area contributed by atoms with Gasteiger partial charge in [-0.2, -0.15) is 0 Å². The van der Waals surface area contributed by atoms with E-state index in [4.69, 9.17) is 0 Å². The van der Waals surface area contributed by atoms with Gasteiger partial charge in [0.25, 0.3) is 0 Å². The van der Waals surface area contributed by atoms with Gasteiger partial charge in [-0.1, -0.05) is 30.3 Å². The number of carbonyl (C=O) groups is 2. The fourth-order valence-corrected chi connectivity index (χ4v) is 3.69. The highest BCUT2D eigenvalue weighted by Crippen LogP contribution is 2.20. The van der Waals surface area contributed by atoms with E-state index in [0.29, 0.717) is 18.1 Å². The van der Waals surface area contributed by atoms with Gasteiger partial charge < -0.3 is 10.2 Å². The predicted molar refractivity (Wildman–Crippen MR) is 99.4 cm³/mol. The molecule has 0 radical (unpaired) electrons. The molecule has 1 aliphatic heterocycles. The van der Waals surface area contributed by atoms with Gasteiger partial charge >= 0.3 is 0 Å². The monoisotopic (exact) mass is 357 g/mol. The number of piperidine rings is 1. The Balaban J connectivity index is 1.45. The first-order chi connectivity index (χ1) is 12.2. The number of aromatic nitrogens is 1. The molecule has 1 N–H and O–H groups in total. The van der Waals surface area contributed by atoms with Gasteiger partial charge in [-0.15, -0.1) is 11.3 Å². The summed E-state index contributed by atoms with van der Waals surface area (Å²) in [6.45, 7) is 1.27. The van der Waals surface area contributed by atoms with E-state index in [2.05, 4.69) is 22.4 Å². The van der Waals surface area contributed by atoms with Crippen molar-refractivity contribution >= 4 is 28.3 Å². The molecule has 1 atom stereocenters. The van der Waals surface area contributed by atoms with E-state index < -0.39 is 0 Å². The van der Waals surface area contributed by atoms with Crippen LogP contribution in [-0.2, 0) is 16.0 Å². The second kappa shape index (κ2) is 8.76. The number of benzene rings is 1. The van der Waals surface area contributed by atoms with E-state index in [1.165, 1.54) is 16.9 Å². The molecule has 3 rings (SSSR count). The number of likely N-dealkylation sites (tertiary alicyclic amines) is 1. The number of carbonyl (C=O) groups excluding carboxylic acids is 2. The van der Waals surface area contributed by atoms with Crippen LogP contribution in [0.5, 0.6) is 0 Å². The summed E-state index contributed by atoms with van der Waals surface area (Å²) in [4.78, 5) is 30.7. The smallest absolute Gasteiger partial charge is 0.231 e. The molecule has 0 bridgehead atoms. The zero-order valence-electron chi connectivity index (χ0n) is 14.2. The molecule has 0 spiro atoms. The molecule has 1 saturated heterocycles. The van der Waals surface area contributed by atoms with Gasteiger partial charge in [-0.25, -0.2) is 4.98 Å². The van der Waals surface area contributed by atoms with Crippen molar-refractivity contribution in [2.24, 2.45) is 5.92 Å². The molecule has 2 aromatic rings. The van der Waals surface area contributed by atoms with E-state index in [-0.39, 0.29) is 17.7 Å². The van der Waals surface area contributed by atoms with Crippen LogP contribution in [0.25, 0.3) is 0 Å². The number of aryl methyl sites for hydroxylation is 1. The molecule has 0 saturated carbocycles. The van der Waals surface area contributed by atoms with Crippen LogP contribution in [0.1, 0.15) is 31.2 Å². The first-order valence-corrected chi connectivity index (χ1v) is 9.62. The Morgan fingerprint density at radius 3 is 2.88 bits per heavy atom. The Bertz CT molecular complexity index is 688. The largest absolute Gasteiger partial charge is 0.342 e. The second-order valence-corrected chi connectivity index (χ2v) is 7.24. The Hall–Kier alpha value is -2.21. The molecule has 132 valence electrons. The minimum Gasteiger partial charge on any atom is -0.342 e. The number of nitrogens with zero attached hydrogens (tertiary/aromatic N) is 2. The number of anilines is 1. The summed E-state index contributed by atoms with van der Waals surface area (Å²) >= 11 is 1.41. The van der Waals surface area contributed by atoms with Crippen LogP contribution >= 0.6 is 11.3 Å². The fourth-order valence-electron chi connectivity index (χ4n) is 3.16. The van der Waals surface area contributed by atoms with E-state index in [0.717, 1.165) is 32.2 Å². The third-order valence-corrected chi connectivity index (χ3v) is 5.19. The number of hydrogen-bond acceptors (Lipinski definition) is 4. The first kappa shape index (κ1) is 17.6. The predicted octanol–water partition coefficient (Wildman–Crippen LogP) is 3.34. The van der Waals surface area contributed by atoms with Crippen LogP contribution in [0.2, 0.25) is 0 Å². The van der Waals surface area contributed by atoms with Crippen molar-refractivity contribution in [3.63, 3.8) is 0 Å². The summed E-state index contributed by atoms with van der Waals surface area (Å²) < 4.78 is 0. The zero-order chi connectivity index (χ0) is 17.5. The summed E-state index contributed by atoms with van der Waals surface area (Å²) in [5.41, 5.74) is 1.26. The Morgan fingerprint density at radius 2 is 2.12 bits per heavy atom. The average molecular weight is 357 g/mol. The summed E-state index contributed by atoms with van der Waals surface area (Å²) in [6, 6.07) is 10.2. The molecule has 1 aromatic heterocycles. The topological polar surface area (TPSA) is 62.3 Å². The lowest BCUT2D eigenvalue weighted by molar-refractivity contribution is -0.134. The SMILES string of the molecule is O=C(Nc1nccs1)[C@@H]1CCCN(C(=O)CCCc2ccccc2)C1. The molecule has 6 heteroatoms. The van der Waals surface area contributed by atoms with Crippen LogP contribution in [0.3, 0.4) is 0 Å². The quantitative estimate of drug-likeness (QED) is 0.862. The molecule has 0 unspecified atom stereocenters. The van der Waals surface area contributed by atoms with Crippen molar-refractivity contribution in [1.82, 2.24) is 9.88 Å². The summed E-state index contributed by atoms with van der Waals surface area (Å²) in [5.74, 6) is -0.0184. The number of rotatable bonds is 6. The zero-order valence-corrected chi connectivity index (χ0v) is 15.0. The lowest BCUT2D eigenvalue weighted by Gasteiger charge is -2.32. The Labute approximate surface area is 152 Å². The number of thiazole rings is 1. The Morgan fingerprint density at radius 1 is 1.28 bits per heavy atom. The molecular formula is C19H23N3O2S. The van der Waals surface area contributed by atoms with Crippen LogP contribution in [-0.4, -0.2) is 34.8 Å². The summed E-state index contributed by atoms with van der Waals surface area (Å²) in [5, 5.41) is 5.30. The highest BCUT2D eigenvalue weighted by molar-refractivity contribution is 7.13. The van der Waals surface area contributed by atoms with E-state index in [1.807, 2.05) is 28.5 Å². The molecule has 1 aromatic carbocycles. The summed E-state index contributed by atoms with van der Waals surface area (Å²) in [7, 11) is 0. The second-order valence-electron chi connectivity index (χ2n) is 6.34. The maximum Gasteiger partial charge on any atom is 0.231 e. The highest BCUT2D eigenvalue weighted by Gasteiger charge is 2.28.